The summed E-state index contributed by atoms with van der Waals surface area (Å²) in [6, 6.07) is 18.1. The zero-order valence-electron chi connectivity index (χ0n) is 14.7. The van der Waals surface area contributed by atoms with Crippen LogP contribution in [0.15, 0.2) is 54.6 Å². The Balaban J connectivity index is 1.89. The number of hydrogen-bond donors (Lipinski definition) is 2. The van der Waals surface area contributed by atoms with E-state index in [0.717, 1.165) is 11.4 Å². The van der Waals surface area contributed by atoms with Crippen molar-refractivity contribution in [1.29, 1.82) is 0 Å². The number of carbonyl (C=O) groups excluding carboxylic acids is 1. The Kier molecular flexibility index (Phi) is 6.82. The molecule has 24 heavy (non-hydrogen) atoms. The first-order chi connectivity index (χ1) is 11.6. The maximum atomic E-state index is 12.2. The summed E-state index contributed by atoms with van der Waals surface area (Å²) in [6.45, 7) is 7.34. The summed E-state index contributed by atoms with van der Waals surface area (Å²) in [6.07, 6.45) is 0. The maximum Gasteiger partial charge on any atom is 0.279 e. The smallest absolute Gasteiger partial charge is 0.279 e. The molecule has 0 spiro atoms. The van der Waals surface area contributed by atoms with E-state index in [2.05, 4.69) is 36.6 Å². The van der Waals surface area contributed by atoms with Crippen LogP contribution >= 0.6 is 0 Å². The Morgan fingerprint density at radius 1 is 1.08 bits per heavy atom. The second kappa shape index (κ2) is 9.08. The fraction of sp³-hybridized carbons (Fsp3) is 0.350. The molecule has 0 aromatic heterocycles. The topological polar surface area (TPSA) is 54.9 Å². The fourth-order valence-corrected chi connectivity index (χ4v) is 2.72. The van der Waals surface area contributed by atoms with E-state index in [4.69, 9.17) is 4.74 Å². The van der Waals surface area contributed by atoms with Crippen LogP contribution in [0.5, 0.6) is 5.75 Å². The minimum atomic E-state index is 0.000686. The van der Waals surface area contributed by atoms with E-state index in [-0.39, 0.29) is 11.9 Å². The number of anilines is 1. The SMILES string of the molecule is CCOc1ccc(NC(=O)C[NH2+][C@H](c2ccccc2)C(C)C)cc1. The highest BCUT2D eigenvalue weighted by Gasteiger charge is 2.20. The van der Waals surface area contributed by atoms with Gasteiger partial charge in [0.15, 0.2) is 6.54 Å². The van der Waals surface area contributed by atoms with Gasteiger partial charge in [0.05, 0.1) is 6.61 Å². The third-order valence-electron chi connectivity index (χ3n) is 3.91. The molecule has 0 fully saturated rings. The molecule has 0 saturated carbocycles. The number of nitrogens with one attached hydrogen (secondary N) is 1. The molecule has 0 bridgehead atoms. The molecular formula is C20H27N2O2+. The molecule has 0 radical (unpaired) electrons. The highest BCUT2D eigenvalue weighted by molar-refractivity contribution is 5.91. The molecular weight excluding hydrogens is 300 g/mol. The first kappa shape index (κ1) is 18.0. The Bertz CT molecular complexity index is 624. The first-order valence-electron chi connectivity index (χ1n) is 8.51. The Hall–Kier alpha value is -2.33. The molecule has 4 heteroatoms. The number of rotatable bonds is 8. The molecule has 3 N–H and O–H groups in total. The molecule has 0 saturated heterocycles. The standard InChI is InChI=1S/C20H26N2O2/c1-4-24-18-12-10-17(11-13-18)22-19(23)14-21-20(15(2)3)16-8-6-5-7-9-16/h5-13,15,20-21H,4,14H2,1-3H3,(H,22,23)/p+1/t20-/m0/s1. The lowest BCUT2D eigenvalue weighted by molar-refractivity contribution is -0.692. The van der Waals surface area contributed by atoms with Gasteiger partial charge in [-0.2, -0.15) is 0 Å². The molecule has 1 amide bonds. The minimum absolute atomic E-state index is 0.000686. The van der Waals surface area contributed by atoms with Crippen LogP contribution in [0.4, 0.5) is 5.69 Å². The summed E-state index contributed by atoms with van der Waals surface area (Å²) in [5.41, 5.74) is 2.04. The zero-order valence-corrected chi connectivity index (χ0v) is 14.7. The van der Waals surface area contributed by atoms with Gasteiger partial charge < -0.3 is 15.4 Å². The van der Waals surface area contributed by atoms with Crippen molar-refractivity contribution >= 4 is 11.6 Å². The van der Waals surface area contributed by atoms with Crippen LogP contribution < -0.4 is 15.4 Å². The lowest BCUT2D eigenvalue weighted by atomic mass is 9.96. The van der Waals surface area contributed by atoms with E-state index in [0.29, 0.717) is 19.1 Å². The highest BCUT2D eigenvalue weighted by atomic mass is 16.5. The molecule has 0 aliphatic heterocycles. The van der Waals surface area contributed by atoms with Gasteiger partial charge in [0.2, 0.25) is 0 Å². The lowest BCUT2D eigenvalue weighted by Crippen LogP contribution is -2.88. The van der Waals surface area contributed by atoms with Crippen LogP contribution in [0, 0.1) is 5.92 Å². The van der Waals surface area contributed by atoms with Gasteiger partial charge in [0, 0.05) is 17.2 Å². The summed E-state index contributed by atoms with van der Waals surface area (Å²) in [5.74, 6) is 1.26. The number of amides is 1. The predicted octanol–water partition coefficient (Wildman–Crippen LogP) is 2.98. The molecule has 4 nitrogen and oxygen atoms in total. The Labute approximate surface area is 144 Å². The molecule has 0 unspecified atom stereocenters. The normalized spacial score (nSPS) is 12.0. The van der Waals surface area contributed by atoms with Crippen LogP contribution in [0.2, 0.25) is 0 Å². The van der Waals surface area contributed by atoms with Crippen LogP contribution in [0.3, 0.4) is 0 Å². The maximum absolute atomic E-state index is 12.2. The number of nitrogens with two attached hydrogens (primary N) is 1. The summed E-state index contributed by atoms with van der Waals surface area (Å²) in [4.78, 5) is 12.2. The summed E-state index contributed by atoms with van der Waals surface area (Å²) in [5, 5.41) is 5.03. The summed E-state index contributed by atoms with van der Waals surface area (Å²) >= 11 is 0. The molecule has 1 atom stereocenters. The van der Waals surface area contributed by atoms with Gasteiger partial charge in [-0.3, -0.25) is 4.79 Å². The van der Waals surface area contributed by atoms with Gasteiger partial charge in [-0.1, -0.05) is 44.2 Å². The monoisotopic (exact) mass is 327 g/mol. The van der Waals surface area contributed by atoms with E-state index < -0.39 is 0 Å². The molecule has 128 valence electrons. The highest BCUT2D eigenvalue weighted by Crippen LogP contribution is 2.17. The van der Waals surface area contributed by atoms with Crippen molar-refractivity contribution in [2.45, 2.75) is 26.8 Å². The van der Waals surface area contributed by atoms with Crippen molar-refractivity contribution < 1.29 is 14.8 Å². The van der Waals surface area contributed by atoms with Crippen molar-refractivity contribution in [1.82, 2.24) is 0 Å². The zero-order chi connectivity index (χ0) is 17.4. The van der Waals surface area contributed by atoms with E-state index in [9.17, 15) is 4.79 Å². The number of hydrogen-bond acceptors (Lipinski definition) is 2. The van der Waals surface area contributed by atoms with Crippen molar-refractivity contribution in [3.8, 4) is 5.75 Å². The number of ether oxygens (including phenoxy) is 1. The molecule has 2 rings (SSSR count). The second-order valence-electron chi connectivity index (χ2n) is 6.13. The Morgan fingerprint density at radius 2 is 1.75 bits per heavy atom. The van der Waals surface area contributed by atoms with E-state index >= 15 is 0 Å². The first-order valence-corrected chi connectivity index (χ1v) is 8.51. The largest absolute Gasteiger partial charge is 0.494 e. The number of quaternary nitrogens is 1. The summed E-state index contributed by atoms with van der Waals surface area (Å²) < 4.78 is 5.40. The third-order valence-corrected chi connectivity index (χ3v) is 3.91. The molecule has 0 aliphatic rings. The van der Waals surface area contributed by atoms with E-state index in [1.807, 2.05) is 49.4 Å². The quantitative estimate of drug-likeness (QED) is 0.783. The fourth-order valence-electron chi connectivity index (χ4n) is 2.72. The minimum Gasteiger partial charge on any atom is -0.494 e. The Morgan fingerprint density at radius 3 is 2.33 bits per heavy atom. The van der Waals surface area contributed by atoms with Gasteiger partial charge in [-0.25, -0.2) is 0 Å². The lowest BCUT2D eigenvalue weighted by Gasteiger charge is -2.19. The number of benzene rings is 2. The van der Waals surface area contributed by atoms with Crippen LogP contribution in [-0.4, -0.2) is 19.1 Å². The third kappa shape index (κ3) is 5.39. The van der Waals surface area contributed by atoms with Crippen LogP contribution in [-0.2, 0) is 4.79 Å². The average Bonchev–Trinajstić information content (AvgIpc) is 2.58. The van der Waals surface area contributed by atoms with Crippen molar-refractivity contribution in [2.24, 2.45) is 5.92 Å². The van der Waals surface area contributed by atoms with Crippen LogP contribution in [0.1, 0.15) is 32.4 Å². The van der Waals surface area contributed by atoms with Gasteiger partial charge >= 0.3 is 0 Å². The van der Waals surface area contributed by atoms with Gasteiger partial charge in [-0.15, -0.1) is 0 Å². The van der Waals surface area contributed by atoms with Gasteiger partial charge in [0.1, 0.15) is 11.8 Å². The summed E-state index contributed by atoms with van der Waals surface area (Å²) in [7, 11) is 0. The van der Waals surface area contributed by atoms with Gasteiger partial charge in [-0.05, 0) is 31.2 Å². The predicted molar refractivity (Wildman–Crippen MR) is 97.1 cm³/mol. The van der Waals surface area contributed by atoms with E-state index in [1.54, 1.807) is 0 Å². The van der Waals surface area contributed by atoms with Gasteiger partial charge in [0.25, 0.3) is 5.91 Å². The number of carbonyl (C=O) groups is 1. The van der Waals surface area contributed by atoms with E-state index in [1.165, 1.54) is 5.56 Å². The molecule has 2 aromatic rings. The van der Waals surface area contributed by atoms with Crippen LogP contribution in [0.25, 0.3) is 0 Å². The second-order valence-corrected chi connectivity index (χ2v) is 6.13. The molecule has 0 heterocycles. The molecule has 2 aromatic carbocycles. The van der Waals surface area contributed by atoms with Crippen molar-refractivity contribution in [3.05, 3.63) is 60.2 Å². The molecule has 0 aliphatic carbocycles. The average molecular weight is 327 g/mol. The van der Waals surface area contributed by atoms with Crippen molar-refractivity contribution in [2.75, 3.05) is 18.5 Å². The van der Waals surface area contributed by atoms with Crippen molar-refractivity contribution in [3.63, 3.8) is 0 Å².